The number of thiophene rings is 1. The number of rotatable bonds is 6. The molecule has 2 aromatic heterocycles. The van der Waals surface area contributed by atoms with E-state index < -0.39 is 0 Å². The van der Waals surface area contributed by atoms with Crippen molar-refractivity contribution in [2.24, 2.45) is 0 Å². The van der Waals surface area contributed by atoms with E-state index in [1.807, 2.05) is 66.7 Å². The van der Waals surface area contributed by atoms with Crippen LogP contribution in [0.2, 0.25) is 5.02 Å². The predicted octanol–water partition coefficient (Wildman–Crippen LogP) is 7.32. The second-order valence-corrected chi connectivity index (χ2v) is 9.77. The van der Waals surface area contributed by atoms with Crippen LogP contribution in [0.5, 0.6) is 11.5 Å². The molecule has 0 saturated heterocycles. The third-order valence-corrected chi connectivity index (χ3v) is 7.33. The lowest BCUT2D eigenvalue weighted by Crippen LogP contribution is -2.08. The van der Waals surface area contributed by atoms with E-state index in [4.69, 9.17) is 26.1 Å². The molecule has 34 heavy (non-hydrogen) atoms. The van der Waals surface area contributed by atoms with Crippen molar-refractivity contribution in [3.63, 3.8) is 0 Å². The van der Waals surface area contributed by atoms with Crippen LogP contribution in [-0.2, 0) is 6.61 Å². The molecule has 1 N–H and O–H groups in total. The van der Waals surface area contributed by atoms with Crippen molar-refractivity contribution in [2.45, 2.75) is 6.61 Å². The van der Waals surface area contributed by atoms with Crippen LogP contribution in [0.4, 0.5) is 0 Å². The first-order chi connectivity index (χ1) is 16.5. The molecule has 0 saturated carbocycles. The van der Waals surface area contributed by atoms with E-state index >= 15 is 0 Å². The van der Waals surface area contributed by atoms with Gasteiger partial charge in [0.2, 0.25) is 0 Å². The van der Waals surface area contributed by atoms with E-state index in [0.717, 1.165) is 16.0 Å². The predicted molar refractivity (Wildman–Crippen MR) is 141 cm³/mol. The van der Waals surface area contributed by atoms with Gasteiger partial charge in [-0.15, -0.1) is 11.3 Å². The van der Waals surface area contributed by atoms with Crippen molar-refractivity contribution in [1.82, 2.24) is 9.97 Å². The van der Waals surface area contributed by atoms with Crippen LogP contribution in [0.25, 0.3) is 32.0 Å². The highest BCUT2D eigenvalue weighted by atomic mass is 79.9. The third-order valence-electron chi connectivity index (χ3n) is 5.29. The van der Waals surface area contributed by atoms with Gasteiger partial charge >= 0.3 is 0 Å². The molecule has 0 aliphatic carbocycles. The van der Waals surface area contributed by atoms with Gasteiger partial charge in [-0.05, 0) is 45.8 Å². The van der Waals surface area contributed by atoms with Crippen LogP contribution in [-0.4, -0.2) is 17.1 Å². The van der Waals surface area contributed by atoms with E-state index in [1.54, 1.807) is 13.2 Å². The molecular formula is C26H18BrClN2O3S. The number of hydrogen-bond acceptors (Lipinski definition) is 5. The molecule has 0 aliphatic rings. The number of nitrogens with zero attached hydrogens (tertiary/aromatic N) is 1. The second-order valence-electron chi connectivity index (χ2n) is 7.48. The van der Waals surface area contributed by atoms with E-state index in [2.05, 4.69) is 20.9 Å². The zero-order chi connectivity index (χ0) is 23.7. The van der Waals surface area contributed by atoms with Gasteiger partial charge in [-0.1, -0.05) is 60.1 Å². The Labute approximate surface area is 213 Å². The number of H-pyrrole nitrogens is 1. The minimum absolute atomic E-state index is 0.187. The molecule has 0 bridgehead atoms. The minimum Gasteiger partial charge on any atom is -0.493 e. The summed E-state index contributed by atoms with van der Waals surface area (Å²) >= 11 is 11.3. The Hall–Kier alpha value is -3.13. The van der Waals surface area contributed by atoms with Gasteiger partial charge in [0.1, 0.15) is 17.3 Å². The first-order valence-electron chi connectivity index (χ1n) is 10.4. The summed E-state index contributed by atoms with van der Waals surface area (Å²) in [5.74, 6) is 1.50. The molecule has 0 unspecified atom stereocenters. The molecule has 0 amide bonds. The molecule has 2 heterocycles. The number of halogens is 2. The molecule has 170 valence electrons. The maximum Gasteiger partial charge on any atom is 0.259 e. The Kier molecular flexibility index (Phi) is 6.41. The summed E-state index contributed by atoms with van der Waals surface area (Å²) in [5, 5.41) is 1.20. The molecule has 3 aromatic carbocycles. The van der Waals surface area contributed by atoms with Crippen LogP contribution in [0.1, 0.15) is 5.56 Å². The van der Waals surface area contributed by atoms with Gasteiger partial charge in [0, 0.05) is 21.0 Å². The van der Waals surface area contributed by atoms with Crippen LogP contribution >= 0.6 is 38.9 Å². The summed E-state index contributed by atoms with van der Waals surface area (Å²) in [5.41, 5.74) is 2.43. The summed E-state index contributed by atoms with van der Waals surface area (Å²) in [6.45, 7) is 0.284. The van der Waals surface area contributed by atoms with Gasteiger partial charge < -0.3 is 14.5 Å². The standard InChI is InChI=1S/C26H18BrClN2O3S/c1-32-21-12-17(11-19(27)23(21)33-14-16-9-5-6-10-20(16)28)24-29-25(31)18-13-22(34-26(18)30-24)15-7-3-2-4-8-15/h2-13H,14H2,1H3,(H,29,30,31). The quantitative estimate of drug-likeness (QED) is 0.239. The Bertz CT molecular complexity index is 1550. The maximum absolute atomic E-state index is 12.8. The fourth-order valence-electron chi connectivity index (χ4n) is 3.57. The first-order valence-corrected chi connectivity index (χ1v) is 12.4. The molecule has 5 aromatic rings. The minimum atomic E-state index is -0.187. The van der Waals surface area contributed by atoms with Gasteiger partial charge in [-0.2, -0.15) is 0 Å². The number of benzene rings is 3. The van der Waals surface area contributed by atoms with Gasteiger partial charge in [0.05, 0.1) is 17.0 Å². The summed E-state index contributed by atoms with van der Waals surface area (Å²) in [7, 11) is 1.57. The number of aromatic nitrogens is 2. The second kappa shape index (κ2) is 9.62. The average Bonchev–Trinajstić information content (AvgIpc) is 3.29. The van der Waals surface area contributed by atoms with Gasteiger partial charge in [-0.25, -0.2) is 4.98 Å². The molecule has 5 rings (SSSR count). The third kappa shape index (κ3) is 4.46. The van der Waals surface area contributed by atoms with Crippen molar-refractivity contribution in [1.29, 1.82) is 0 Å². The molecule has 0 spiro atoms. The Morgan fingerprint density at radius 2 is 1.79 bits per heavy atom. The van der Waals surface area contributed by atoms with Crippen LogP contribution in [0.3, 0.4) is 0 Å². The smallest absolute Gasteiger partial charge is 0.259 e. The molecule has 5 nitrogen and oxygen atoms in total. The number of nitrogens with one attached hydrogen (secondary N) is 1. The number of fused-ring (bicyclic) bond motifs is 1. The van der Waals surface area contributed by atoms with E-state index in [0.29, 0.717) is 42.6 Å². The number of ether oxygens (including phenoxy) is 2. The normalized spacial score (nSPS) is 11.0. The largest absolute Gasteiger partial charge is 0.493 e. The number of hydrogen-bond donors (Lipinski definition) is 1. The molecule has 8 heteroatoms. The summed E-state index contributed by atoms with van der Waals surface area (Å²) < 4.78 is 12.3. The first kappa shape index (κ1) is 22.7. The molecule has 0 radical (unpaired) electrons. The highest BCUT2D eigenvalue weighted by Gasteiger charge is 2.17. The van der Waals surface area contributed by atoms with Crippen molar-refractivity contribution in [3.8, 4) is 33.3 Å². The van der Waals surface area contributed by atoms with Crippen molar-refractivity contribution >= 4 is 49.1 Å². The summed E-state index contributed by atoms with van der Waals surface area (Å²) in [6, 6.07) is 23.0. The fraction of sp³-hybridized carbons (Fsp3) is 0.0769. The fourth-order valence-corrected chi connectivity index (χ4v) is 5.36. The lowest BCUT2D eigenvalue weighted by molar-refractivity contribution is 0.283. The monoisotopic (exact) mass is 552 g/mol. The zero-order valence-corrected chi connectivity index (χ0v) is 21.1. The van der Waals surface area contributed by atoms with Crippen LogP contribution < -0.4 is 15.0 Å². The lowest BCUT2D eigenvalue weighted by atomic mass is 10.1. The molecular weight excluding hydrogens is 536 g/mol. The SMILES string of the molecule is COc1cc(-c2nc3sc(-c4ccccc4)cc3c(=O)[nH]2)cc(Br)c1OCc1ccccc1Cl. The van der Waals surface area contributed by atoms with Crippen LogP contribution in [0.15, 0.2) is 82.1 Å². The zero-order valence-electron chi connectivity index (χ0n) is 18.0. The van der Waals surface area contributed by atoms with E-state index in [9.17, 15) is 4.79 Å². The molecule has 0 fully saturated rings. The average molecular weight is 554 g/mol. The lowest BCUT2D eigenvalue weighted by Gasteiger charge is -2.15. The number of aromatic amines is 1. The van der Waals surface area contributed by atoms with E-state index in [1.165, 1.54) is 11.3 Å². The number of methoxy groups -OCH3 is 1. The summed E-state index contributed by atoms with van der Waals surface area (Å²) in [4.78, 5) is 22.1. The highest BCUT2D eigenvalue weighted by Crippen LogP contribution is 2.40. The van der Waals surface area contributed by atoms with Crippen molar-refractivity contribution < 1.29 is 9.47 Å². The van der Waals surface area contributed by atoms with Gasteiger partial charge in [0.25, 0.3) is 5.56 Å². The Morgan fingerprint density at radius 3 is 2.56 bits per heavy atom. The topological polar surface area (TPSA) is 64.2 Å². The van der Waals surface area contributed by atoms with Gasteiger partial charge in [0.15, 0.2) is 11.5 Å². The van der Waals surface area contributed by atoms with Crippen molar-refractivity contribution in [3.05, 3.63) is 98.2 Å². The van der Waals surface area contributed by atoms with Crippen LogP contribution in [0, 0.1) is 0 Å². The highest BCUT2D eigenvalue weighted by molar-refractivity contribution is 9.10. The Morgan fingerprint density at radius 1 is 1.03 bits per heavy atom. The van der Waals surface area contributed by atoms with E-state index in [-0.39, 0.29) is 12.2 Å². The molecule has 0 aliphatic heterocycles. The van der Waals surface area contributed by atoms with Crippen molar-refractivity contribution in [2.75, 3.05) is 7.11 Å². The Balaban J connectivity index is 1.51. The maximum atomic E-state index is 12.8. The van der Waals surface area contributed by atoms with Gasteiger partial charge in [-0.3, -0.25) is 4.79 Å². The molecule has 0 atom stereocenters. The summed E-state index contributed by atoms with van der Waals surface area (Å²) in [6.07, 6.45) is 0.